The fourth-order valence-electron chi connectivity index (χ4n) is 1.75. The van der Waals surface area contributed by atoms with Crippen LogP contribution in [0, 0.1) is 5.92 Å². The Morgan fingerprint density at radius 2 is 1.68 bits per heavy atom. The summed E-state index contributed by atoms with van der Waals surface area (Å²) < 4.78 is 2.11. The van der Waals surface area contributed by atoms with Gasteiger partial charge in [0.05, 0.1) is 18.2 Å². The molecule has 0 aliphatic carbocycles. The van der Waals surface area contributed by atoms with E-state index < -0.39 is 18.2 Å². The van der Waals surface area contributed by atoms with Gasteiger partial charge in [-0.2, -0.15) is 0 Å². The third-order valence-electron chi connectivity index (χ3n) is 3.30. The Morgan fingerprint density at radius 3 is 2.05 bits per heavy atom. The summed E-state index contributed by atoms with van der Waals surface area (Å²) in [6.45, 7) is 5.81. The number of nitrogens with zero attached hydrogens (tertiary/aromatic N) is 2. The van der Waals surface area contributed by atoms with E-state index in [2.05, 4.69) is 22.5 Å². The lowest BCUT2D eigenvalue weighted by molar-refractivity contribution is -0.139. The molecule has 0 aliphatic rings. The van der Waals surface area contributed by atoms with Gasteiger partial charge in [-0.05, 0) is 20.9 Å². The number of carbonyl (C=O) groups is 1. The van der Waals surface area contributed by atoms with Crippen molar-refractivity contribution in [2.45, 2.75) is 39.0 Å². The summed E-state index contributed by atoms with van der Waals surface area (Å²) in [5.41, 5.74) is 0. The molecule has 2 N–H and O–H groups in total. The molecule has 0 aliphatic heterocycles. The lowest BCUT2D eigenvalue weighted by Gasteiger charge is -2.33. The van der Waals surface area contributed by atoms with Gasteiger partial charge in [0.25, 0.3) is 0 Å². The molecule has 0 aromatic carbocycles. The monoisotopic (exact) mass is 328 g/mol. The highest BCUT2D eigenvalue weighted by Crippen LogP contribution is 2.55. The van der Waals surface area contributed by atoms with Gasteiger partial charge in [0, 0.05) is 27.0 Å². The summed E-state index contributed by atoms with van der Waals surface area (Å²) in [7, 11) is 8.71. The molecule has 1 amide bonds. The normalized spacial score (nSPS) is 18.3. The SMILES string of the molecule is CC(CN(C)P(P)P)C(=O)N(C)[C@@H](C)C(O)C(C)O. The summed E-state index contributed by atoms with van der Waals surface area (Å²) in [5.74, 6) is -0.171. The Kier molecular flexibility index (Phi) is 9.12. The van der Waals surface area contributed by atoms with E-state index in [1.165, 1.54) is 11.8 Å². The maximum atomic E-state index is 12.3. The average Bonchev–Trinajstić information content (AvgIpc) is 2.34. The number of carbonyl (C=O) groups excluding carboxylic acids is 1. The predicted molar refractivity (Wildman–Crippen MR) is 88.1 cm³/mol. The molecule has 0 rings (SSSR count). The van der Waals surface area contributed by atoms with Crippen molar-refractivity contribution >= 4 is 31.2 Å². The molecule has 0 heterocycles. The molecule has 0 aromatic heterocycles. The smallest absolute Gasteiger partial charge is 0.226 e. The van der Waals surface area contributed by atoms with E-state index in [1.54, 1.807) is 14.0 Å². The molecule has 0 aromatic rings. The van der Waals surface area contributed by atoms with Gasteiger partial charge in [-0.15, -0.1) is 0 Å². The zero-order valence-electron chi connectivity index (χ0n) is 12.3. The second kappa shape index (κ2) is 8.82. The third kappa shape index (κ3) is 6.29. The molecule has 0 bridgehead atoms. The first-order valence-corrected chi connectivity index (χ1v) is 10.8. The van der Waals surface area contributed by atoms with E-state index in [4.69, 9.17) is 0 Å². The topological polar surface area (TPSA) is 64.0 Å². The van der Waals surface area contributed by atoms with Gasteiger partial charge in [-0.3, -0.25) is 9.46 Å². The molecule has 19 heavy (non-hydrogen) atoms. The summed E-state index contributed by atoms with van der Waals surface area (Å²) >= 11 is 0. The Balaban J connectivity index is 4.55. The minimum Gasteiger partial charge on any atom is -0.391 e. The lowest BCUT2D eigenvalue weighted by Crippen LogP contribution is -2.49. The minimum atomic E-state index is -0.931. The van der Waals surface area contributed by atoms with E-state index in [9.17, 15) is 15.0 Å². The molecule has 5 nitrogen and oxygen atoms in total. The lowest BCUT2D eigenvalue weighted by atomic mass is 10.0. The first-order chi connectivity index (χ1) is 8.59. The van der Waals surface area contributed by atoms with Crippen LogP contribution in [0.15, 0.2) is 0 Å². The van der Waals surface area contributed by atoms with Crippen LogP contribution in [0.1, 0.15) is 20.8 Å². The van der Waals surface area contributed by atoms with Crippen molar-refractivity contribution < 1.29 is 15.0 Å². The van der Waals surface area contributed by atoms with Crippen molar-refractivity contribution in [1.29, 1.82) is 0 Å². The number of hydrogen-bond donors (Lipinski definition) is 2. The van der Waals surface area contributed by atoms with Crippen molar-refractivity contribution in [1.82, 2.24) is 9.57 Å². The van der Waals surface area contributed by atoms with Crippen LogP contribution < -0.4 is 0 Å². The second-order valence-corrected chi connectivity index (χ2v) is 11.4. The largest absolute Gasteiger partial charge is 0.391 e. The van der Waals surface area contributed by atoms with Crippen LogP contribution in [0.3, 0.4) is 0 Å². The molecular weight excluding hydrogens is 301 g/mol. The second-order valence-electron chi connectivity index (χ2n) is 5.04. The summed E-state index contributed by atoms with van der Waals surface area (Å²) in [4.78, 5) is 13.8. The molecule has 5 unspecified atom stereocenters. The van der Waals surface area contributed by atoms with Crippen molar-refractivity contribution in [2.24, 2.45) is 5.92 Å². The van der Waals surface area contributed by atoms with Gasteiger partial charge in [0.1, 0.15) is 0 Å². The summed E-state index contributed by atoms with van der Waals surface area (Å²) in [6.07, 6.45) is -1.78. The number of likely N-dealkylation sites (N-methyl/N-ethyl adjacent to an activating group) is 1. The molecule has 0 spiro atoms. The molecule has 8 heteroatoms. The molecular formula is C11H27N2O3P3. The molecule has 0 saturated carbocycles. The van der Waals surface area contributed by atoms with Crippen LogP contribution in [-0.2, 0) is 4.79 Å². The average molecular weight is 328 g/mol. The molecule has 0 saturated heterocycles. The van der Waals surface area contributed by atoms with E-state index >= 15 is 0 Å². The standard InChI is InChI=1S/C11H27N2O3P3/c1-7(6-12(4)19(17)18)11(16)13(5)8(2)10(15)9(3)14/h7-10,14-15H,6,17-18H2,1-5H3/t7?,8-,9?,10?/m0/s1. The Bertz CT molecular complexity index is 292. The van der Waals surface area contributed by atoms with E-state index in [0.29, 0.717) is 6.54 Å². The van der Waals surface area contributed by atoms with Gasteiger partial charge < -0.3 is 15.1 Å². The Morgan fingerprint density at radius 1 is 1.21 bits per heavy atom. The minimum absolute atomic E-state index is 0.0223. The maximum Gasteiger partial charge on any atom is 0.226 e. The van der Waals surface area contributed by atoms with Gasteiger partial charge in [-0.25, -0.2) is 0 Å². The number of rotatable bonds is 7. The summed E-state index contributed by atoms with van der Waals surface area (Å²) in [6, 6.07) is -0.409. The van der Waals surface area contributed by atoms with Gasteiger partial charge in [0.2, 0.25) is 5.91 Å². The Labute approximate surface area is 122 Å². The van der Waals surface area contributed by atoms with E-state index in [0.717, 1.165) is 0 Å². The summed E-state index contributed by atoms with van der Waals surface area (Å²) in [5, 5.41) is 19.2. The zero-order valence-corrected chi connectivity index (χ0v) is 15.5. The van der Waals surface area contributed by atoms with Crippen LogP contribution in [-0.4, -0.2) is 64.6 Å². The van der Waals surface area contributed by atoms with Crippen molar-refractivity contribution in [3.63, 3.8) is 0 Å². The molecule has 0 radical (unpaired) electrons. The highest BCUT2D eigenvalue weighted by Gasteiger charge is 2.29. The highest BCUT2D eigenvalue weighted by molar-refractivity contribution is 8.42. The Hall–Kier alpha value is 0.640. The van der Waals surface area contributed by atoms with Crippen molar-refractivity contribution in [3.05, 3.63) is 0 Å². The fourth-order valence-corrected chi connectivity index (χ4v) is 2.75. The quantitative estimate of drug-likeness (QED) is 0.688. The van der Waals surface area contributed by atoms with Crippen LogP contribution in [0.2, 0.25) is 0 Å². The number of amides is 1. The van der Waals surface area contributed by atoms with Gasteiger partial charge in [0.15, 0.2) is 0 Å². The first kappa shape index (κ1) is 19.6. The number of hydrogen-bond acceptors (Lipinski definition) is 4. The highest BCUT2D eigenvalue weighted by atomic mass is 32.4. The molecule has 0 fully saturated rings. The maximum absolute atomic E-state index is 12.3. The molecule has 6 atom stereocenters. The number of aliphatic hydroxyl groups excluding tert-OH is 2. The van der Waals surface area contributed by atoms with Crippen LogP contribution in [0.25, 0.3) is 0 Å². The van der Waals surface area contributed by atoms with Crippen molar-refractivity contribution in [3.8, 4) is 0 Å². The third-order valence-corrected chi connectivity index (χ3v) is 6.62. The van der Waals surface area contributed by atoms with Crippen LogP contribution in [0.5, 0.6) is 0 Å². The van der Waals surface area contributed by atoms with Gasteiger partial charge in [-0.1, -0.05) is 24.8 Å². The van der Waals surface area contributed by atoms with E-state index in [-0.39, 0.29) is 19.3 Å². The zero-order chi connectivity index (χ0) is 15.3. The number of aliphatic hydroxyl groups is 2. The first-order valence-electron chi connectivity index (χ1n) is 6.23. The van der Waals surface area contributed by atoms with E-state index in [1.807, 2.05) is 14.0 Å². The molecule has 114 valence electrons. The van der Waals surface area contributed by atoms with Crippen molar-refractivity contribution in [2.75, 3.05) is 20.6 Å². The predicted octanol–water partition coefficient (Wildman–Crippen LogP) is 1.12. The van der Waals surface area contributed by atoms with Gasteiger partial charge >= 0.3 is 0 Å². The van der Waals surface area contributed by atoms with Crippen LogP contribution in [0.4, 0.5) is 0 Å². The fraction of sp³-hybridized carbons (Fsp3) is 0.909. The van der Waals surface area contributed by atoms with Crippen LogP contribution >= 0.6 is 25.3 Å².